The molecular weight excluding hydrogens is 417 g/mol. The van der Waals surface area contributed by atoms with Crippen LogP contribution in [0.5, 0.6) is 0 Å². The molecule has 4 aromatic carbocycles. The van der Waals surface area contributed by atoms with Crippen molar-refractivity contribution in [2.24, 2.45) is 0 Å². The number of anilines is 4. The van der Waals surface area contributed by atoms with Crippen LogP contribution in [-0.2, 0) is 0 Å². The first-order valence-corrected chi connectivity index (χ1v) is 11.5. The SMILES string of the molecule is c1cnc2c(c1)B1N(c3ccccc3-2)c2ccccc2N1c1cccc2c1oc1ccccc12. The minimum atomic E-state index is -0.0604. The van der Waals surface area contributed by atoms with Gasteiger partial charge >= 0.3 is 6.98 Å². The van der Waals surface area contributed by atoms with E-state index < -0.39 is 0 Å². The third-order valence-electron chi connectivity index (χ3n) is 7.07. The lowest BCUT2D eigenvalue weighted by atomic mass is 9.60. The van der Waals surface area contributed by atoms with Gasteiger partial charge in [-0.1, -0.05) is 66.7 Å². The topological polar surface area (TPSA) is 32.5 Å². The molecule has 0 amide bonds. The summed E-state index contributed by atoms with van der Waals surface area (Å²) < 4.78 is 6.47. The number of aromatic nitrogens is 1. The zero-order valence-electron chi connectivity index (χ0n) is 18.2. The molecule has 0 atom stereocenters. The number of hydrogen-bond acceptors (Lipinski definition) is 4. The summed E-state index contributed by atoms with van der Waals surface area (Å²) in [5.74, 6) is 0. The molecule has 6 aromatic rings. The molecule has 5 heteroatoms. The van der Waals surface area contributed by atoms with Crippen LogP contribution >= 0.6 is 0 Å². The van der Waals surface area contributed by atoms with E-state index in [0.717, 1.165) is 44.6 Å². The van der Waals surface area contributed by atoms with Crippen LogP contribution in [0.1, 0.15) is 0 Å². The van der Waals surface area contributed by atoms with Crippen molar-refractivity contribution in [1.82, 2.24) is 4.98 Å². The third-order valence-corrected chi connectivity index (χ3v) is 7.07. The van der Waals surface area contributed by atoms with Crippen molar-refractivity contribution in [3.05, 3.63) is 109 Å². The first-order chi connectivity index (χ1) is 16.9. The Hall–Kier alpha value is -4.51. The van der Waals surface area contributed by atoms with Gasteiger partial charge in [-0.3, -0.25) is 4.98 Å². The molecule has 0 unspecified atom stereocenters. The molecule has 158 valence electrons. The van der Waals surface area contributed by atoms with Crippen LogP contribution < -0.4 is 15.1 Å². The van der Waals surface area contributed by atoms with Crippen LogP contribution in [-0.4, -0.2) is 12.0 Å². The standard InChI is InChI=1S/C29H18BN3O/c1-3-13-23-21(10-1)28-22(12-8-18-31-28)30-32(23)24-14-4-5-15-25(24)33(30)26-16-7-11-20-19-9-2-6-17-27(19)34-29(20)26/h1-18H. The summed E-state index contributed by atoms with van der Waals surface area (Å²) in [6.45, 7) is -0.0604. The van der Waals surface area contributed by atoms with Gasteiger partial charge in [0.25, 0.3) is 0 Å². The minimum absolute atomic E-state index is 0.0604. The number of benzene rings is 4. The van der Waals surface area contributed by atoms with E-state index in [1.165, 1.54) is 16.8 Å². The molecule has 0 saturated carbocycles. The number of hydrogen-bond donors (Lipinski definition) is 0. The fourth-order valence-electron chi connectivity index (χ4n) is 5.71. The molecular formula is C29H18BN3O. The Morgan fingerprint density at radius 3 is 2.15 bits per heavy atom. The number of nitrogens with zero attached hydrogens (tertiary/aromatic N) is 3. The summed E-state index contributed by atoms with van der Waals surface area (Å²) in [5.41, 5.74) is 9.77. The second-order valence-corrected chi connectivity index (χ2v) is 8.81. The monoisotopic (exact) mass is 435 g/mol. The molecule has 4 nitrogen and oxygen atoms in total. The van der Waals surface area contributed by atoms with Gasteiger partial charge < -0.3 is 14.0 Å². The van der Waals surface area contributed by atoms with Crippen molar-refractivity contribution in [3.8, 4) is 11.3 Å². The quantitative estimate of drug-likeness (QED) is 0.271. The van der Waals surface area contributed by atoms with Gasteiger partial charge in [-0.25, -0.2) is 0 Å². The van der Waals surface area contributed by atoms with E-state index in [2.05, 4.69) is 94.6 Å². The van der Waals surface area contributed by atoms with E-state index in [1.807, 2.05) is 24.4 Å². The summed E-state index contributed by atoms with van der Waals surface area (Å²) in [4.78, 5) is 9.69. The molecule has 0 N–H and O–H groups in total. The Morgan fingerprint density at radius 1 is 0.588 bits per heavy atom. The van der Waals surface area contributed by atoms with E-state index in [4.69, 9.17) is 9.40 Å². The normalized spacial score (nSPS) is 13.7. The Morgan fingerprint density at radius 2 is 1.26 bits per heavy atom. The first-order valence-electron chi connectivity index (χ1n) is 11.5. The zero-order chi connectivity index (χ0) is 22.2. The predicted molar refractivity (Wildman–Crippen MR) is 140 cm³/mol. The number of rotatable bonds is 1. The van der Waals surface area contributed by atoms with E-state index in [-0.39, 0.29) is 6.98 Å². The Kier molecular flexibility index (Phi) is 3.45. The maximum Gasteiger partial charge on any atom is 0.423 e. The molecule has 0 fully saturated rings. The van der Waals surface area contributed by atoms with Gasteiger partial charge in [-0.05, 0) is 41.9 Å². The maximum atomic E-state index is 6.47. The number of furan rings is 1. The third kappa shape index (κ3) is 2.21. The molecule has 0 radical (unpaired) electrons. The van der Waals surface area contributed by atoms with Crippen molar-refractivity contribution < 1.29 is 4.42 Å². The van der Waals surface area contributed by atoms with Gasteiger partial charge in [0.1, 0.15) is 5.58 Å². The zero-order valence-corrected chi connectivity index (χ0v) is 18.2. The van der Waals surface area contributed by atoms with Crippen molar-refractivity contribution in [1.29, 1.82) is 0 Å². The van der Waals surface area contributed by atoms with E-state index in [1.54, 1.807) is 0 Å². The average molecular weight is 435 g/mol. The van der Waals surface area contributed by atoms with Gasteiger partial charge in [0.15, 0.2) is 5.58 Å². The number of pyridine rings is 1. The summed E-state index contributed by atoms with van der Waals surface area (Å²) in [7, 11) is 0. The van der Waals surface area contributed by atoms with Gasteiger partial charge in [-0.2, -0.15) is 0 Å². The summed E-state index contributed by atoms with van der Waals surface area (Å²) in [6.07, 6.45) is 1.89. The maximum absolute atomic E-state index is 6.47. The number of fused-ring (bicyclic) bond motifs is 11. The lowest BCUT2D eigenvalue weighted by molar-refractivity contribution is 0.669. The van der Waals surface area contributed by atoms with Crippen LogP contribution in [0.4, 0.5) is 22.7 Å². The predicted octanol–water partition coefficient (Wildman–Crippen LogP) is 6.65. The Balaban J connectivity index is 1.47. The van der Waals surface area contributed by atoms with Crippen molar-refractivity contribution in [3.63, 3.8) is 0 Å². The summed E-state index contributed by atoms with van der Waals surface area (Å²) >= 11 is 0. The molecule has 2 aliphatic heterocycles. The Labute approximate surface area is 196 Å². The smallest absolute Gasteiger partial charge is 0.423 e. The van der Waals surface area contributed by atoms with Crippen LogP contribution in [0, 0.1) is 0 Å². The summed E-state index contributed by atoms with van der Waals surface area (Å²) in [6, 6.07) is 36.1. The highest BCUT2D eigenvalue weighted by molar-refractivity contribution is 6.86. The number of para-hydroxylation sites is 5. The van der Waals surface area contributed by atoms with Crippen molar-refractivity contribution in [2.45, 2.75) is 0 Å². The lowest BCUT2D eigenvalue weighted by Crippen LogP contribution is -2.55. The second kappa shape index (κ2) is 6.52. The van der Waals surface area contributed by atoms with Crippen LogP contribution in [0.3, 0.4) is 0 Å². The molecule has 0 bridgehead atoms. The molecule has 8 rings (SSSR count). The van der Waals surface area contributed by atoms with E-state index in [9.17, 15) is 0 Å². The highest BCUT2D eigenvalue weighted by Crippen LogP contribution is 2.51. The summed E-state index contributed by atoms with van der Waals surface area (Å²) in [5, 5.41) is 2.27. The fourth-order valence-corrected chi connectivity index (χ4v) is 5.71. The van der Waals surface area contributed by atoms with E-state index >= 15 is 0 Å². The highest BCUT2D eigenvalue weighted by atomic mass is 16.3. The Bertz CT molecular complexity index is 1760. The van der Waals surface area contributed by atoms with Crippen molar-refractivity contribution in [2.75, 3.05) is 9.62 Å². The molecule has 2 aliphatic rings. The first kappa shape index (κ1) is 18.0. The van der Waals surface area contributed by atoms with Crippen LogP contribution in [0.25, 0.3) is 33.2 Å². The molecule has 0 spiro atoms. The van der Waals surface area contributed by atoms with Gasteiger partial charge in [0, 0.05) is 28.2 Å². The van der Waals surface area contributed by atoms with Crippen LogP contribution in [0.2, 0.25) is 0 Å². The fraction of sp³-hybridized carbons (Fsp3) is 0. The van der Waals surface area contributed by atoms with Gasteiger partial charge in [0.05, 0.1) is 22.8 Å². The van der Waals surface area contributed by atoms with Crippen LogP contribution in [0.15, 0.2) is 114 Å². The minimum Gasteiger partial charge on any atom is -0.454 e. The highest BCUT2D eigenvalue weighted by Gasteiger charge is 2.48. The molecule has 34 heavy (non-hydrogen) atoms. The van der Waals surface area contributed by atoms with Crippen molar-refractivity contribution >= 4 is 57.1 Å². The molecule has 4 heterocycles. The average Bonchev–Trinajstić information content (AvgIpc) is 3.45. The second-order valence-electron chi connectivity index (χ2n) is 8.81. The largest absolute Gasteiger partial charge is 0.454 e. The van der Waals surface area contributed by atoms with Gasteiger partial charge in [0.2, 0.25) is 0 Å². The molecule has 0 saturated heterocycles. The van der Waals surface area contributed by atoms with E-state index in [0.29, 0.717) is 0 Å². The molecule has 0 aliphatic carbocycles. The molecule has 2 aromatic heterocycles. The lowest BCUT2D eigenvalue weighted by Gasteiger charge is -2.35. The van der Waals surface area contributed by atoms with Gasteiger partial charge in [-0.15, -0.1) is 0 Å².